The summed E-state index contributed by atoms with van der Waals surface area (Å²) in [5.74, 6) is 0.936. The van der Waals surface area contributed by atoms with Gasteiger partial charge in [0.1, 0.15) is 17.0 Å². The summed E-state index contributed by atoms with van der Waals surface area (Å²) in [4.78, 5) is 5.08. The van der Waals surface area contributed by atoms with Crippen LogP contribution in [0.4, 0.5) is 0 Å². The van der Waals surface area contributed by atoms with Crippen LogP contribution in [0.1, 0.15) is 6.92 Å². The Morgan fingerprint density at radius 2 is 1.30 bits per heavy atom. The molecule has 0 bridgehead atoms. The molecule has 50 heavy (non-hydrogen) atoms. The van der Waals surface area contributed by atoms with E-state index in [-0.39, 0.29) is 0 Å². The molecule has 0 aliphatic rings. The number of benzene rings is 7. The number of imidazole rings is 1. The highest BCUT2D eigenvalue weighted by Gasteiger charge is 2.19. The Kier molecular flexibility index (Phi) is 7.14. The number of para-hydroxylation sites is 5. The molecule has 238 valence electrons. The van der Waals surface area contributed by atoms with E-state index in [0.29, 0.717) is 0 Å². The summed E-state index contributed by atoms with van der Waals surface area (Å²) in [6.45, 7) is 5.42. The Bertz CT molecular complexity index is 2900. The van der Waals surface area contributed by atoms with Crippen LogP contribution in [0, 0.1) is 0 Å². The number of allylic oxidation sites excluding steroid dienone is 3. The van der Waals surface area contributed by atoms with Crippen molar-refractivity contribution >= 4 is 65.6 Å². The number of nitrogens with zero attached hydrogens (tertiary/aromatic N) is 3. The van der Waals surface area contributed by atoms with E-state index in [4.69, 9.17) is 9.40 Å². The second kappa shape index (κ2) is 12.1. The van der Waals surface area contributed by atoms with Gasteiger partial charge in [0.15, 0.2) is 0 Å². The number of aromatic nitrogens is 3. The maximum absolute atomic E-state index is 6.49. The second-order valence-electron chi connectivity index (χ2n) is 12.4. The van der Waals surface area contributed by atoms with Crippen molar-refractivity contribution in [3.63, 3.8) is 0 Å². The molecule has 3 aromatic heterocycles. The van der Waals surface area contributed by atoms with Crippen LogP contribution in [-0.2, 0) is 0 Å². The molecule has 0 amide bonds. The van der Waals surface area contributed by atoms with E-state index < -0.39 is 0 Å². The first-order valence-corrected chi connectivity index (χ1v) is 16.9. The third-order valence-electron chi connectivity index (χ3n) is 9.42. The van der Waals surface area contributed by atoms with Gasteiger partial charge in [-0.25, -0.2) is 4.98 Å². The van der Waals surface area contributed by atoms with E-state index >= 15 is 0 Å². The van der Waals surface area contributed by atoms with E-state index in [9.17, 15) is 0 Å². The van der Waals surface area contributed by atoms with Crippen LogP contribution in [0.3, 0.4) is 0 Å². The molecule has 0 saturated heterocycles. The number of rotatable bonds is 4. The maximum atomic E-state index is 6.49. The lowest BCUT2D eigenvalue weighted by atomic mass is 10.1. The fourth-order valence-electron chi connectivity index (χ4n) is 7.22. The molecule has 7 aromatic carbocycles. The maximum Gasteiger partial charge on any atom is 0.145 e. The fourth-order valence-corrected chi connectivity index (χ4v) is 7.22. The molecule has 0 saturated carbocycles. The number of hydrogen-bond acceptors (Lipinski definition) is 2. The standard InChI is InChI=1S/C41H25N3O.C5H8/c1-2-10-29(11-3-1)44-36-16-8-6-14-34(36)42-41(44)28-19-18-27-25-30(21-20-26(27)24-28)43-35-15-7-4-13-33(35)39-37(43)23-22-32-31-12-5-9-17-38(31)45-40(32)39;1-3-5-4-2/h1-25H;3-5H,1H2,2H3/b;5-4-. The Balaban J connectivity index is 0.000000632. The smallest absolute Gasteiger partial charge is 0.145 e. The van der Waals surface area contributed by atoms with Crippen molar-refractivity contribution in [2.75, 3.05) is 0 Å². The molecule has 0 spiro atoms. The van der Waals surface area contributed by atoms with Gasteiger partial charge in [0.25, 0.3) is 0 Å². The summed E-state index contributed by atoms with van der Waals surface area (Å²) in [7, 11) is 0. The summed E-state index contributed by atoms with van der Waals surface area (Å²) in [6, 6.07) is 53.5. The Morgan fingerprint density at radius 3 is 2.12 bits per heavy atom. The molecule has 0 fully saturated rings. The molecule has 4 nitrogen and oxygen atoms in total. The zero-order chi connectivity index (χ0) is 33.6. The van der Waals surface area contributed by atoms with Crippen LogP contribution in [-0.4, -0.2) is 14.1 Å². The predicted octanol–water partition coefficient (Wildman–Crippen LogP) is 12.6. The van der Waals surface area contributed by atoms with Gasteiger partial charge in [0.05, 0.1) is 27.5 Å². The molecule has 3 heterocycles. The molecule has 0 radical (unpaired) electrons. The zero-order valence-corrected chi connectivity index (χ0v) is 27.6. The van der Waals surface area contributed by atoms with Crippen LogP contribution in [0.25, 0.3) is 88.3 Å². The van der Waals surface area contributed by atoms with Gasteiger partial charge in [0, 0.05) is 33.1 Å². The average molecular weight is 644 g/mol. The van der Waals surface area contributed by atoms with Crippen molar-refractivity contribution < 1.29 is 4.42 Å². The van der Waals surface area contributed by atoms with Crippen LogP contribution in [0.15, 0.2) is 181 Å². The minimum Gasteiger partial charge on any atom is -0.455 e. The van der Waals surface area contributed by atoms with E-state index in [1.807, 2.05) is 43.3 Å². The quantitative estimate of drug-likeness (QED) is 0.179. The molecular formula is C46H33N3O. The summed E-state index contributed by atoms with van der Waals surface area (Å²) < 4.78 is 11.1. The highest BCUT2D eigenvalue weighted by Crippen LogP contribution is 2.41. The van der Waals surface area contributed by atoms with Crippen LogP contribution < -0.4 is 0 Å². The number of furan rings is 1. The van der Waals surface area contributed by atoms with Gasteiger partial charge in [0.2, 0.25) is 0 Å². The molecule has 0 N–H and O–H groups in total. The zero-order valence-electron chi connectivity index (χ0n) is 27.6. The van der Waals surface area contributed by atoms with E-state index in [0.717, 1.165) is 72.2 Å². The lowest BCUT2D eigenvalue weighted by Gasteiger charge is -2.12. The minimum atomic E-state index is 0.916. The molecule has 0 unspecified atom stereocenters. The molecule has 0 aliphatic carbocycles. The number of fused-ring (bicyclic) bond motifs is 9. The monoisotopic (exact) mass is 643 g/mol. The van der Waals surface area contributed by atoms with Crippen molar-refractivity contribution in [1.82, 2.24) is 14.1 Å². The van der Waals surface area contributed by atoms with Crippen molar-refractivity contribution in [1.29, 1.82) is 0 Å². The van der Waals surface area contributed by atoms with Gasteiger partial charge >= 0.3 is 0 Å². The van der Waals surface area contributed by atoms with Crippen LogP contribution >= 0.6 is 0 Å². The van der Waals surface area contributed by atoms with Gasteiger partial charge in [-0.2, -0.15) is 0 Å². The van der Waals surface area contributed by atoms with E-state index in [2.05, 4.69) is 143 Å². The van der Waals surface area contributed by atoms with Crippen LogP contribution in [0.2, 0.25) is 0 Å². The van der Waals surface area contributed by atoms with E-state index in [1.54, 1.807) is 6.08 Å². The highest BCUT2D eigenvalue weighted by molar-refractivity contribution is 6.23. The van der Waals surface area contributed by atoms with Crippen molar-refractivity contribution in [3.05, 3.63) is 176 Å². The first-order valence-electron chi connectivity index (χ1n) is 16.9. The lowest BCUT2D eigenvalue weighted by Crippen LogP contribution is -1.97. The summed E-state index contributed by atoms with van der Waals surface area (Å²) in [6.07, 6.45) is 5.58. The molecule has 0 aliphatic heterocycles. The predicted molar refractivity (Wildman–Crippen MR) is 211 cm³/mol. The summed E-state index contributed by atoms with van der Waals surface area (Å²) in [5, 5.41) is 6.97. The molecule has 10 aromatic rings. The fraction of sp³-hybridized carbons (Fsp3) is 0.0217. The Hall–Kier alpha value is -6.65. The minimum absolute atomic E-state index is 0.916. The molecule has 0 atom stereocenters. The van der Waals surface area contributed by atoms with Gasteiger partial charge in [-0.1, -0.05) is 110 Å². The normalized spacial score (nSPS) is 11.7. The molecular weight excluding hydrogens is 611 g/mol. The third kappa shape index (κ3) is 4.73. The lowest BCUT2D eigenvalue weighted by molar-refractivity contribution is 0.673. The Labute approximate surface area is 289 Å². The van der Waals surface area contributed by atoms with Crippen molar-refractivity contribution in [2.24, 2.45) is 0 Å². The van der Waals surface area contributed by atoms with Crippen LogP contribution in [0.5, 0.6) is 0 Å². The topological polar surface area (TPSA) is 35.9 Å². The number of hydrogen-bond donors (Lipinski definition) is 0. The summed E-state index contributed by atoms with van der Waals surface area (Å²) >= 11 is 0. The van der Waals surface area contributed by atoms with Gasteiger partial charge in [-0.15, -0.1) is 0 Å². The summed E-state index contributed by atoms with van der Waals surface area (Å²) in [5.41, 5.74) is 9.53. The first-order chi connectivity index (χ1) is 24.7. The Morgan fingerprint density at radius 1 is 0.580 bits per heavy atom. The molecule has 4 heteroatoms. The first kappa shape index (κ1) is 29.5. The van der Waals surface area contributed by atoms with Crippen molar-refractivity contribution in [3.8, 4) is 22.8 Å². The third-order valence-corrected chi connectivity index (χ3v) is 9.42. The molecule has 10 rings (SSSR count). The second-order valence-corrected chi connectivity index (χ2v) is 12.4. The van der Waals surface area contributed by atoms with Gasteiger partial charge in [-0.3, -0.25) is 4.57 Å². The van der Waals surface area contributed by atoms with Crippen molar-refractivity contribution in [2.45, 2.75) is 6.92 Å². The SMILES string of the molecule is C=C/C=C\C.c1ccc(-n2c(-c3ccc4cc(-n5c6ccccc6c6c7oc8ccccc8c7ccc65)ccc4c3)nc3ccccc32)cc1. The highest BCUT2D eigenvalue weighted by atomic mass is 16.3. The average Bonchev–Trinajstić information content (AvgIpc) is 3.85. The van der Waals surface area contributed by atoms with Gasteiger partial charge < -0.3 is 8.98 Å². The van der Waals surface area contributed by atoms with E-state index in [1.165, 1.54) is 16.2 Å². The largest absolute Gasteiger partial charge is 0.455 e. The van der Waals surface area contributed by atoms with Gasteiger partial charge in [-0.05, 0) is 84.4 Å².